The molecule has 0 unspecified atom stereocenters. The minimum atomic E-state index is 0.783. The Balaban J connectivity index is 2.07. The lowest BCUT2D eigenvalue weighted by atomic mass is 9.91. The van der Waals surface area contributed by atoms with Crippen molar-refractivity contribution in [3.8, 4) is 0 Å². The Morgan fingerprint density at radius 1 is 1.27 bits per heavy atom. The van der Waals surface area contributed by atoms with E-state index < -0.39 is 0 Å². The third-order valence-corrected chi connectivity index (χ3v) is 3.40. The Morgan fingerprint density at radius 3 is 2.45 bits per heavy atom. The van der Waals surface area contributed by atoms with E-state index in [1.807, 2.05) is 0 Å². The first-order valence-corrected chi connectivity index (χ1v) is 5.41. The van der Waals surface area contributed by atoms with Crippen LogP contribution in [0.3, 0.4) is 0 Å². The van der Waals surface area contributed by atoms with Crippen molar-refractivity contribution in [3.63, 3.8) is 0 Å². The summed E-state index contributed by atoms with van der Waals surface area (Å²) < 4.78 is 5.32. The average Bonchev–Trinajstić information content (AvgIpc) is 2.04. The van der Waals surface area contributed by atoms with Gasteiger partial charge in [-0.3, -0.25) is 0 Å². The van der Waals surface area contributed by atoms with Crippen LogP contribution in [0.1, 0.15) is 39.5 Å². The van der Waals surface area contributed by atoms with E-state index in [2.05, 4.69) is 13.8 Å². The maximum Gasteiger partial charge on any atom is 0.0585 e. The van der Waals surface area contributed by atoms with E-state index in [-0.39, 0.29) is 0 Å². The molecule has 66 valence electrons. The summed E-state index contributed by atoms with van der Waals surface area (Å²) in [6, 6.07) is 0. The maximum absolute atomic E-state index is 5.32. The van der Waals surface area contributed by atoms with Gasteiger partial charge in [0.1, 0.15) is 0 Å². The molecule has 0 aromatic carbocycles. The van der Waals surface area contributed by atoms with Crippen LogP contribution in [0.15, 0.2) is 0 Å². The molecule has 0 bridgehead atoms. The zero-order valence-electron chi connectivity index (χ0n) is 7.51. The van der Waals surface area contributed by atoms with Crippen LogP contribution in [0.4, 0.5) is 0 Å². The van der Waals surface area contributed by atoms with Gasteiger partial charge in [0.2, 0.25) is 0 Å². The van der Waals surface area contributed by atoms with Crippen LogP contribution in [-0.2, 0) is 4.18 Å². The molecule has 0 saturated heterocycles. The largest absolute Gasteiger partial charge is 0.315 e. The Hall–Kier alpha value is 0.310. The van der Waals surface area contributed by atoms with Crippen LogP contribution < -0.4 is 0 Å². The topological polar surface area (TPSA) is 9.23 Å². The molecule has 0 radical (unpaired) electrons. The zero-order valence-corrected chi connectivity index (χ0v) is 8.32. The van der Waals surface area contributed by atoms with Crippen LogP contribution in [-0.4, -0.2) is 11.9 Å². The molecule has 1 aliphatic carbocycles. The molecule has 0 amide bonds. The molecule has 0 spiro atoms. The van der Waals surface area contributed by atoms with Gasteiger partial charge in [-0.05, 0) is 50.6 Å². The summed E-state index contributed by atoms with van der Waals surface area (Å²) in [5.41, 5.74) is 0. The minimum absolute atomic E-state index is 0.783. The molecule has 0 aliphatic heterocycles. The van der Waals surface area contributed by atoms with Crippen molar-refractivity contribution in [2.75, 3.05) is 6.61 Å². The van der Waals surface area contributed by atoms with Crippen molar-refractivity contribution in [2.45, 2.75) is 44.8 Å². The van der Waals surface area contributed by atoms with Crippen LogP contribution in [0.5, 0.6) is 0 Å². The fraction of sp³-hybridized carbons (Fsp3) is 1.00. The van der Waals surface area contributed by atoms with Gasteiger partial charge in [-0.15, -0.1) is 0 Å². The van der Waals surface area contributed by atoms with E-state index in [1.54, 1.807) is 12.0 Å². The normalized spacial score (nSPS) is 32.2. The lowest BCUT2D eigenvalue weighted by molar-refractivity contribution is 0.361. The van der Waals surface area contributed by atoms with Crippen molar-refractivity contribution in [2.24, 2.45) is 5.92 Å². The van der Waals surface area contributed by atoms with Crippen molar-refractivity contribution < 1.29 is 4.18 Å². The predicted octanol–water partition coefficient (Wildman–Crippen LogP) is 3.25. The maximum atomic E-state index is 5.32. The van der Waals surface area contributed by atoms with Gasteiger partial charge in [-0.25, -0.2) is 0 Å². The SMILES string of the molecule is CCOSC1CCC(C)CC1. The molecule has 0 aromatic heterocycles. The number of hydrogen-bond donors (Lipinski definition) is 0. The Morgan fingerprint density at radius 2 is 1.91 bits per heavy atom. The summed E-state index contributed by atoms with van der Waals surface area (Å²) in [5.74, 6) is 0.952. The fourth-order valence-corrected chi connectivity index (χ4v) is 2.28. The molecule has 0 aromatic rings. The van der Waals surface area contributed by atoms with Crippen molar-refractivity contribution >= 4 is 12.0 Å². The molecule has 1 rings (SSSR count). The molecule has 1 aliphatic rings. The van der Waals surface area contributed by atoms with Crippen molar-refractivity contribution in [3.05, 3.63) is 0 Å². The van der Waals surface area contributed by atoms with Gasteiger partial charge in [-0.2, -0.15) is 0 Å². The number of hydrogen-bond acceptors (Lipinski definition) is 2. The summed E-state index contributed by atoms with van der Waals surface area (Å²) in [7, 11) is 0. The van der Waals surface area contributed by atoms with Crippen molar-refractivity contribution in [1.29, 1.82) is 0 Å². The molecule has 0 N–H and O–H groups in total. The first kappa shape index (κ1) is 9.40. The minimum Gasteiger partial charge on any atom is -0.315 e. The monoisotopic (exact) mass is 174 g/mol. The van der Waals surface area contributed by atoms with Crippen LogP contribution in [0.2, 0.25) is 0 Å². The highest BCUT2D eigenvalue weighted by Gasteiger charge is 2.18. The van der Waals surface area contributed by atoms with E-state index in [1.165, 1.54) is 25.7 Å². The lowest BCUT2D eigenvalue weighted by Crippen LogP contribution is -2.14. The quantitative estimate of drug-likeness (QED) is 0.607. The Kier molecular flexibility index (Phi) is 4.31. The Bertz CT molecular complexity index is 95.0. The summed E-state index contributed by atoms with van der Waals surface area (Å²) in [6.45, 7) is 5.25. The van der Waals surface area contributed by atoms with E-state index in [0.717, 1.165) is 17.8 Å². The average molecular weight is 174 g/mol. The lowest BCUT2D eigenvalue weighted by Gasteiger charge is -2.24. The summed E-state index contributed by atoms with van der Waals surface area (Å²) in [4.78, 5) is 0. The second-order valence-electron chi connectivity index (χ2n) is 3.38. The third kappa shape index (κ3) is 3.48. The first-order valence-electron chi connectivity index (χ1n) is 4.61. The van der Waals surface area contributed by atoms with Gasteiger partial charge in [-0.1, -0.05) is 6.92 Å². The standard InChI is InChI=1S/C9H18OS/c1-3-10-11-9-6-4-8(2)5-7-9/h8-9H,3-7H2,1-2H3. The highest BCUT2D eigenvalue weighted by molar-refractivity contribution is 7.95. The van der Waals surface area contributed by atoms with Crippen LogP contribution >= 0.6 is 12.0 Å². The first-order chi connectivity index (χ1) is 5.33. The molecule has 1 nitrogen and oxygen atoms in total. The smallest absolute Gasteiger partial charge is 0.0585 e. The highest BCUT2D eigenvalue weighted by Crippen LogP contribution is 2.31. The molecule has 1 saturated carbocycles. The van der Waals surface area contributed by atoms with Crippen LogP contribution in [0.25, 0.3) is 0 Å². The molecule has 1 fully saturated rings. The molecule has 0 atom stereocenters. The predicted molar refractivity (Wildman–Crippen MR) is 50.6 cm³/mol. The van der Waals surface area contributed by atoms with E-state index in [0.29, 0.717) is 0 Å². The van der Waals surface area contributed by atoms with Gasteiger partial charge in [0.05, 0.1) is 6.61 Å². The molecular formula is C9H18OS. The van der Waals surface area contributed by atoms with E-state index >= 15 is 0 Å². The molecule has 2 heteroatoms. The second-order valence-corrected chi connectivity index (χ2v) is 4.48. The van der Waals surface area contributed by atoms with E-state index in [4.69, 9.17) is 4.18 Å². The molecular weight excluding hydrogens is 156 g/mol. The molecule has 0 heterocycles. The van der Waals surface area contributed by atoms with Gasteiger partial charge < -0.3 is 4.18 Å². The Labute approximate surface area is 74.1 Å². The van der Waals surface area contributed by atoms with Crippen molar-refractivity contribution in [1.82, 2.24) is 0 Å². The van der Waals surface area contributed by atoms with Gasteiger partial charge >= 0.3 is 0 Å². The highest BCUT2D eigenvalue weighted by atomic mass is 32.2. The number of rotatable bonds is 3. The molecule has 11 heavy (non-hydrogen) atoms. The summed E-state index contributed by atoms with van der Waals surface area (Å²) in [5, 5.41) is 0.783. The van der Waals surface area contributed by atoms with Gasteiger partial charge in [0.25, 0.3) is 0 Å². The van der Waals surface area contributed by atoms with Gasteiger partial charge in [0, 0.05) is 5.25 Å². The third-order valence-electron chi connectivity index (χ3n) is 2.28. The van der Waals surface area contributed by atoms with Gasteiger partial charge in [0.15, 0.2) is 0 Å². The summed E-state index contributed by atoms with van der Waals surface area (Å²) in [6.07, 6.45) is 5.49. The second kappa shape index (κ2) is 5.04. The zero-order chi connectivity index (χ0) is 8.10. The fourth-order valence-electron chi connectivity index (χ4n) is 1.49. The summed E-state index contributed by atoms with van der Waals surface area (Å²) >= 11 is 1.70. The van der Waals surface area contributed by atoms with E-state index in [9.17, 15) is 0 Å². The van der Waals surface area contributed by atoms with Crippen LogP contribution in [0, 0.1) is 5.92 Å².